The molecule has 30 heavy (non-hydrogen) atoms. The number of allylic oxidation sites excluding steroid dienone is 9. The Labute approximate surface area is 177 Å². The smallest absolute Gasteiger partial charge is 0.188 e. The molecule has 1 aliphatic heterocycles. The standard InChI is InChI=1S/C25H27NO4/c1-17-9-4-5-10-18(17)21(27)15-22(28)19-11-8-12-20(26-19)23(29)16-24(30)25(2)13-6-3-7-14-25/h3-8,10,12-13,17,19H,9,11,14-16H2,1-2H3. The Hall–Kier alpha value is -2.95. The van der Waals surface area contributed by atoms with E-state index in [1.54, 1.807) is 18.2 Å². The number of hydrogen-bond acceptors (Lipinski definition) is 5. The summed E-state index contributed by atoms with van der Waals surface area (Å²) in [6, 6.07) is -0.754. The summed E-state index contributed by atoms with van der Waals surface area (Å²) in [6.07, 6.45) is 17.5. The summed E-state index contributed by atoms with van der Waals surface area (Å²) in [5.74, 6) is -0.943. The van der Waals surface area contributed by atoms with Crippen LogP contribution >= 0.6 is 0 Å². The van der Waals surface area contributed by atoms with Crippen molar-refractivity contribution in [1.29, 1.82) is 0 Å². The molecule has 0 aromatic carbocycles. The first-order chi connectivity index (χ1) is 14.3. The Kier molecular flexibility index (Phi) is 6.70. The van der Waals surface area contributed by atoms with Gasteiger partial charge in [-0.05, 0) is 43.8 Å². The lowest BCUT2D eigenvalue weighted by atomic mass is 9.78. The first-order valence-corrected chi connectivity index (χ1v) is 10.4. The summed E-state index contributed by atoms with van der Waals surface area (Å²) in [5, 5.41) is 0. The van der Waals surface area contributed by atoms with E-state index in [0.717, 1.165) is 6.42 Å². The maximum atomic E-state index is 12.6. The zero-order valence-electron chi connectivity index (χ0n) is 17.5. The minimum absolute atomic E-state index is 0.0956. The predicted molar refractivity (Wildman–Crippen MR) is 116 cm³/mol. The number of rotatable bonds is 8. The normalized spacial score (nSPS) is 27.4. The SMILES string of the molecule is CC1CC=CC=C1C(=O)CC(=O)C1CC=CC(C(=O)CC(=O)C2(C)C=CC=CC2)=N1. The lowest BCUT2D eigenvalue weighted by Gasteiger charge is -2.24. The highest BCUT2D eigenvalue weighted by molar-refractivity contribution is 6.47. The van der Waals surface area contributed by atoms with Gasteiger partial charge in [0.05, 0.1) is 12.8 Å². The molecule has 3 aliphatic rings. The van der Waals surface area contributed by atoms with Crippen LogP contribution < -0.4 is 0 Å². The molecule has 0 aromatic heterocycles. The van der Waals surface area contributed by atoms with Crippen LogP contribution in [0.5, 0.6) is 0 Å². The number of carbonyl (C=O) groups excluding carboxylic acids is 4. The Morgan fingerprint density at radius 3 is 2.50 bits per heavy atom. The van der Waals surface area contributed by atoms with E-state index in [-0.39, 0.29) is 41.8 Å². The quantitative estimate of drug-likeness (QED) is 0.574. The lowest BCUT2D eigenvalue weighted by molar-refractivity contribution is -0.129. The summed E-state index contributed by atoms with van der Waals surface area (Å²) >= 11 is 0. The Morgan fingerprint density at radius 2 is 1.80 bits per heavy atom. The summed E-state index contributed by atoms with van der Waals surface area (Å²) in [5.41, 5.74) is 0.0996. The van der Waals surface area contributed by atoms with Crippen molar-refractivity contribution < 1.29 is 19.2 Å². The van der Waals surface area contributed by atoms with E-state index in [1.165, 1.54) is 0 Å². The molecule has 2 aliphatic carbocycles. The number of ketones is 4. The van der Waals surface area contributed by atoms with Crippen molar-refractivity contribution >= 4 is 28.8 Å². The molecule has 0 saturated heterocycles. The third-order valence-electron chi connectivity index (χ3n) is 5.89. The number of nitrogens with zero attached hydrogens (tertiary/aromatic N) is 1. The van der Waals surface area contributed by atoms with Gasteiger partial charge >= 0.3 is 0 Å². The van der Waals surface area contributed by atoms with Crippen molar-refractivity contribution in [3.63, 3.8) is 0 Å². The predicted octanol–water partition coefficient (Wildman–Crippen LogP) is 3.86. The molecule has 3 rings (SSSR count). The van der Waals surface area contributed by atoms with Gasteiger partial charge in [0, 0.05) is 5.41 Å². The highest BCUT2D eigenvalue weighted by Gasteiger charge is 2.33. The average molecular weight is 405 g/mol. The van der Waals surface area contributed by atoms with E-state index >= 15 is 0 Å². The van der Waals surface area contributed by atoms with Gasteiger partial charge < -0.3 is 0 Å². The minimum Gasteiger partial charge on any atom is -0.298 e. The molecule has 0 aromatic rings. The van der Waals surface area contributed by atoms with E-state index in [1.807, 2.05) is 50.3 Å². The second kappa shape index (κ2) is 9.24. The topological polar surface area (TPSA) is 80.6 Å². The second-order valence-electron chi connectivity index (χ2n) is 8.35. The molecule has 5 nitrogen and oxygen atoms in total. The fourth-order valence-corrected chi connectivity index (χ4v) is 3.80. The van der Waals surface area contributed by atoms with E-state index < -0.39 is 17.2 Å². The van der Waals surface area contributed by atoms with Crippen molar-refractivity contribution in [3.05, 3.63) is 60.3 Å². The molecule has 5 heteroatoms. The van der Waals surface area contributed by atoms with Crippen LogP contribution in [0.4, 0.5) is 0 Å². The number of hydrogen-bond donors (Lipinski definition) is 0. The molecule has 0 amide bonds. The largest absolute Gasteiger partial charge is 0.298 e. The van der Waals surface area contributed by atoms with Gasteiger partial charge in [-0.25, -0.2) is 0 Å². The van der Waals surface area contributed by atoms with Crippen molar-refractivity contribution in [2.24, 2.45) is 16.3 Å². The first-order valence-electron chi connectivity index (χ1n) is 10.4. The van der Waals surface area contributed by atoms with Crippen LogP contribution in [0.15, 0.2) is 65.2 Å². The average Bonchev–Trinajstić information content (AvgIpc) is 2.74. The van der Waals surface area contributed by atoms with Crippen molar-refractivity contribution in [3.8, 4) is 0 Å². The molecule has 156 valence electrons. The second-order valence-corrected chi connectivity index (χ2v) is 8.35. The molecule has 3 unspecified atom stereocenters. The van der Waals surface area contributed by atoms with Gasteiger partial charge in [0.1, 0.15) is 11.8 Å². The van der Waals surface area contributed by atoms with Crippen LogP contribution in [-0.4, -0.2) is 34.9 Å². The highest BCUT2D eigenvalue weighted by Crippen LogP contribution is 2.30. The van der Waals surface area contributed by atoms with E-state index in [9.17, 15) is 19.2 Å². The lowest BCUT2D eigenvalue weighted by Crippen LogP contribution is -2.32. The highest BCUT2D eigenvalue weighted by atomic mass is 16.2. The van der Waals surface area contributed by atoms with Gasteiger partial charge in [0.2, 0.25) is 0 Å². The van der Waals surface area contributed by atoms with E-state index in [0.29, 0.717) is 18.4 Å². The van der Waals surface area contributed by atoms with E-state index in [2.05, 4.69) is 4.99 Å². The number of Topliss-reactive ketones (excluding diaryl/α,β-unsaturated/α-hetero) is 4. The van der Waals surface area contributed by atoms with Crippen LogP contribution in [0, 0.1) is 11.3 Å². The summed E-state index contributed by atoms with van der Waals surface area (Å²) < 4.78 is 0. The Balaban J connectivity index is 1.63. The van der Waals surface area contributed by atoms with Gasteiger partial charge in [-0.2, -0.15) is 0 Å². The first kappa shape index (κ1) is 21.8. The van der Waals surface area contributed by atoms with Gasteiger partial charge in [0.15, 0.2) is 23.1 Å². The van der Waals surface area contributed by atoms with Gasteiger partial charge in [-0.3, -0.25) is 24.2 Å². The number of dihydropyridines is 1. The van der Waals surface area contributed by atoms with Gasteiger partial charge in [-0.1, -0.05) is 55.5 Å². The van der Waals surface area contributed by atoms with Crippen LogP contribution in [0.3, 0.4) is 0 Å². The maximum Gasteiger partial charge on any atom is 0.188 e. The van der Waals surface area contributed by atoms with Gasteiger partial charge in [-0.15, -0.1) is 0 Å². The number of carbonyl (C=O) groups is 4. The van der Waals surface area contributed by atoms with Crippen molar-refractivity contribution in [2.45, 2.75) is 52.0 Å². The zero-order valence-corrected chi connectivity index (χ0v) is 17.5. The molecule has 0 fully saturated rings. The molecule has 3 atom stereocenters. The third-order valence-corrected chi connectivity index (χ3v) is 5.89. The number of aliphatic imine (C=N–C) groups is 1. The molecular formula is C25H27NO4. The summed E-state index contributed by atoms with van der Waals surface area (Å²) in [6.45, 7) is 3.78. The summed E-state index contributed by atoms with van der Waals surface area (Å²) in [4.78, 5) is 54.7. The fourth-order valence-electron chi connectivity index (χ4n) is 3.80. The van der Waals surface area contributed by atoms with Crippen LogP contribution in [-0.2, 0) is 19.2 Å². The zero-order chi connectivity index (χ0) is 21.7. The molecular weight excluding hydrogens is 378 g/mol. The molecule has 0 bridgehead atoms. The maximum absolute atomic E-state index is 12.6. The van der Waals surface area contributed by atoms with E-state index in [4.69, 9.17) is 0 Å². The van der Waals surface area contributed by atoms with Crippen LogP contribution in [0.2, 0.25) is 0 Å². The molecule has 0 radical (unpaired) electrons. The minimum atomic E-state index is -0.754. The fraction of sp³-hybridized carbons (Fsp3) is 0.400. The molecule has 0 N–H and O–H groups in total. The van der Waals surface area contributed by atoms with Crippen LogP contribution in [0.1, 0.15) is 46.0 Å². The molecule has 0 saturated carbocycles. The van der Waals surface area contributed by atoms with Gasteiger partial charge in [0.25, 0.3) is 0 Å². The monoisotopic (exact) mass is 405 g/mol. The van der Waals surface area contributed by atoms with Crippen molar-refractivity contribution in [1.82, 2.24) is 0 Å². The Morgan fingerprint density at radius 1 is 1.00 bits per heavy atom. The summed E-state index contributed by atoms with van der Waals surface area (Å²) in [7, 11) is 0. The van der Waals surface area contributed by atoms with Crippen molar-refractivity contribution in [2.75, 3.05) is 0 Å². The van der Waals surface area contributed by atoms with Crippen LogP contribution in [0.25, 0.3) is 0 Å². The molecule has 1 heterocycles. The molecule has 0 spiro atoms. The third kappa shape index (κ3) is 4.96. The Bertz CT molecular complexity index is 944.